The SMILES string of the molecule is Cc1ccc(OC[C@]2(O)CCCN(Cc3cccc(OCCCn4cc(C)cn4)c3)CC2)c(C)c1. The first-order valence-electron chi connectivity index (χ1n) is 12.7. The third-order valence-electron chi connectivity index (χ3n) is 6.70. The number of hydrogen-bond donors (Lipinski definition) is 1. The van der Waals surface area contributed by atoms with Gasteiger partial charge in [-0.25, -0.2) is 0 Å². The van der Waals surface area contributed by atoms with Crippen molar-refractivity contribution in [2.75, 3.05) is 26.3 Å². The van der Waals surface area contributed by atoms with Gasteiger partial charge >= 0.3 is 0 Å². The van der Waals surface area contributed by atoms with Crippen molar-refractivity contribution < 1.29 is 14.6 Å². The van der Waals surface area contributed by atoms with Crippen LogP contribution in [0, 0.1) is 20.8 Å². The quantitative estimate of drug-likeness (QED) is 0.413. The van der Waals surface area contributed by atoms with Crippen LogP contribution in [0.15, 0.2) is 54.9 Å². The molecule has 2 heterocycles. The molecule has 0 radical (unpaired) electrons. The maximum atomic E-state index is 11.2. The summed E-state index contributed by atoms with van der Waals surface area (Å²) in [4.78, 5) is 2.42. The molecule has 188 valence electrons. The van der Waals surface area contributed by atoms with Gasteiger partial charge in [-0.05, 0) is 81.5 Å². The summed E-state index contributed by atoms with van der Waals surface area (Å²) in [7, 11) is 0. The lowest BCUT2D eigenvalue weighted by molar-refractivity contribution is -0.0170. The fraction of sp³-hybridized carbons (Fsp3) is 0.483. The summed E-state index contributed by atoms with van der Waals surface area (Å²) in [6.45, 7) is 10.7. The summed E-state index contributed by atoms with van der Waals surface area (Å²) < 4.78 is 14.0. The van der Waals surface area contributed by atoms with Crippen LogP contribution in [0.1, 0.15) is 47.9 Å². The van der Waals surface area contributed by atoms with E-state index < -0.39 is 5.60 Å². The van der Waals surface area contributed by atoms with Gasteiger partial charge in [0.1, 0.15) is 18.1 Å². The van der Waals surface area contributed by atoms with Crippen LogP contribution in [0.2, 0.25) is 0 Å². The Morgan fingerprint density at radius 1 is 1.00 bits per heavy atom. The summed E-state index contributed by atoms with van der Waals surface area (Å²) in [6.07, 6.45) is 7.27. The van der Waals surface area contributed by atoms with Crippen LogP contribution in [0.3, 0.4) is 0 Å². The van der Waals surface area contributed by atoms with Crippen molar-refractivity contribution >= 4 is 0 Å². The minimum atomic E-state index is -0.788. The number of nitrogens with zero attached hydrogens (tertiary/aromatic N) is 3. The molecular weight excluding hydrogens is 438 g/mol. The van der Waals surface area contributed by atoms with Gasteiger partial charge in [-0.3, -0.25) is 9.58 Å². The number of aryl methyl sites for hydroxylation is 4. The largest absolute Gasteiger partial charge is 0.494 e. The molecule has 1 atom stereocenters. The predicted octanol–water partition coefficient (Wildman–Crippen LogP) is 5.07. The Kier molecular flexibility index (Phi) is 8.47. The monoisotopic (exact) mass is 477 g/mol. The second-order valence-corrected chi connectivity index (χ2v) is 10.0. The van der Waals surface area contributed by atoms with E-state index in [1.807, 2.05) is 23.0 Å². The van der Waals surface area contributed by atoms with E-state index in [9.17, 15) is 5.11 Å². The third kappa shape index (κ3) is 7.58. The Hall–Kier alpha value is -2.83. The van der Waals surface area contributed by atoms with Gasteiger partial charge in [-0.15, -0.1) is 0 Å². The highest BCUT2D eigenvalue weighted by atomic mass is 16.5. The molecule has 6 nitrogen and oxygen atoms in total. The van der Waals surface area contributed by atoms with Gasteiger partial charge in [0.15, 0.2) is 0 Å². The average Bonchev–Trinajstić information content (AvgIpc) is 3.16. The highest BCUT2D eigenvalue weighted by Crippen LogP contribution is 2.27. The van der Waals surface area contributed by atoms with Gasteiger partial charge in [0.2, 0.25) is 0 Å². The normalized spacial score (nSPS) is 18.9. The van der Waals surface area contributed by atoms with Gasteiger partial charge < -0.3 is 14.6 Å². The summed E-state index contributed by atoms with van der Waals surface area (Å²) in [5.41, 5.74) is 3.96. The number of aliphatic hydroxyl groups is 1. The van der Waals surface area contributed by atoms with Gasteiger partial charge in [0.05, 0.1) is 18.4 Å². The number of aromatic nitrogens is 2. The van der Waals surface area contributed by atoms with Crippen LogP contribution in [-0.4, -0.2) is 51.7 Å². The maximum Gasteiger partial charge on any atom is 0.122 e. The Labute approximate surface area is 209 Å². The molecule has 2 aromatic carbocycles. The van der Waals surface area contributed by atoms with E-state index in [4.69, 9.17) is 9.47 Å². The molecule has 1 aliphatic rings. The number of rotatable bonds is 10. The second-order valence-electron chi connectivity index (χ2n) is 10.0. The van der Waals surface area contributed by atoms with E-state index in [0.29, 0.717) is 19.6 Å². The molecule has 4 rings (SSSR count). The number of hydrogen-bond acceptors (Lipinski definition) is 5. The molecule has 6 heteroatoms. The van der Waals surface area contributed by atoms with Crippen molar-refractivity contribution in [2.45, 2.75) is 65.1 Å². The highest BCUT2D eigenvalue weighted by molar-refractivity contribution is 5.35. The fourth-order valence-corrected chi connectivity index (χ4v) is 4.71. The first kappa shape index (κ1) is 25.3. The smallest absolute Gasteiger partial charge is 0.122 e. The fourth-order valence-electron chi connectivity index (χ4n) is 4.71. The van der Waals surface area contributed by atoms with Gasteiger partial charge in [-0.2, -0.15) is 5.10 Å². The Bertz CT molecular complexity index is 1100. The van der Waals surface area contributed by atoms with Gasteiger partial charge in [-0.1, -0.05) is 29.8 Å². The number of ether oxygens (including phenoxy) is 2. The topological polar surface area (TPSA) is 59.8 Å². The molecular formula is C29H39N3O3. The lowest BCUT2D eigenvalue weighted by Gasteiger charge is -2.27. The molecule has 1 aliphatic heterocycles. The molecule has 1 saturated heterocycles. The molecule has 0 saturated carbocycles. The number of likely N-dealkylation sites (tertiary alicyclic amines) is 1. The lowest BCUT2D eigenvalue weighted by atomic mass is 9.96. The van der Waals surface area contributed by atoms with E-state index in [1.54, 1.807) is 0 Å². The van der Waals surface area contributed by atoms with Crippen LogP contribution in [-0.2, 0) is 13.1 Å². The molecule has 35 heavy (non-hydrogen) atoms. The first-order chi connectivity index (χ1) is 16.9. The standard InChI is InChI=1S/C29H39N3O3/c1-23-9-10-28(25(3)17-23)35-22-29(33)11-5-13-31(15-12-29)21-26-7-4-8-27(18-26)34-16-6-14-32-20-24(2)19-30-32/h4,7-10,17-20,33H,5-6,11-16,21-22H2,1-3H3/t29-/m0/s1. The Balaban J connectivity index is 1.23. The summed E-state index contributed by atoms with van der Waals surface area (Å²) in [5.74, 6) is 1.77. The van der Waals surface area contributed by atoms with Crippen LogP contribution in [0.5, 0.6) is 11.5 Å². The second kappa shape index (κ2) is 11.7. The molecule has 0 amide bonds. The van der Waals surface area contributed by atoms with E-state index in [1.165, 1.54) is 16.7 Å². The van der Waals surface area contributed by atoms with Crippen molar-refractivity contribution in [3.63, 3.8) is 0 Å². The van der Waals surface area contributed by atoms with Crippen molar-refractivity contribution in [3.05, 3.63) is 77.1 Å². The van der Waals surface area contributed by atoms with Crippen molar-refractivity contribution in [3.8, 4) is 11.5 Å². The first-order valence-corrected chi connectivity index (χ1v) is 12.7. The maximum absolute atomic E-state index is 11.2. The van der Waals surface area contributed by atoms with Crippen LogP contribution in [0.4, 0.5) is 0 Å². The van der Waals surface area contributed by atoms with E-state index >= 15 is 0 Å². The Morgan fingerprint density at radius 2 is 1.89 bits per heavy atom. The molecule has 0 unspecified atom stereocenters. The molecule has 1 N–H and O–H groups in total. The Morgan fingerprint density at radius 3 is 2.69 bits per heavy atom. The molecule has 0 spiro atoms. The molecule has 0 aliphatic carbocycles. The van der Waals surface area contributed by atoms with Gasteiger partial charge in [0, 0.05) is 32.3 Å². The van der Waals surface area contributed by atoms with Crippen molar-refractivity contribution in [1.29, 1.82) is 0 Å². The predicted molar refractivity (Wildman–Crippen MR) is 139 cm³/mol. The zero-order valence-corrected chi connectivity index (χ0v) is 21.4. The molecule has 1 aromatic heterocycles. The number of benzene rings is 2. The van der Waals surface area contributed by atoms with Crippen molar-refractivity contribution in [2.24, 2.45) is 0 Å². The highest BCUT2D eigenvalue weighted by Gasteiger charge is 2.31. The van der Waals surface area contributed by atoms with Crippen LogP contribution in [0.25, 0.3) is 0 Å². The van der Waals surface area contributed by atoms with E-state index in [-0.39, 0.29) is 0 Å². The third-order valence-corrected chi connectivity index (χ3v) is 6.70. The summed E-state index contributed by atoms with van der Waals surface area (Å²) in [5, 5.41) is 15.5. The van der Waals surface area contributed by atoms with Crippen molar-refractivity contribution in [1.82, 2.24) is 14.7 Å². The minimum Gasteiger partial charge on any atom is -0.494 e. The van der Waals surface area contributed by atoms with Crippen LogP contribution < -0.4 is 9.47 Å². The summed E-state index contributed by atoms with van der Waals surface area (Å²) >= 11 is 0. The summed E-state index contributed by atoms with van der Waals surface area (Å²) in [6, 6.07) is 14.6. The average molecular weight is 478 g/mol. The van der Waals surface area contributed by atoms with E-state index in [2.05, 4.69) is 67.3 Å². The van der Waals surface area contributed by atoms with Crippen LogP contribution >= 0.6 is 0 Å². The van der Waals surface area contributed by atoms with E-state index in [0.717, 1.165) is 62.5 Å². The molecule has 1 fully saturated rings. The molecule has 3 aromatic rings. The van der Waals surface area contributed by atoms with Gasteiger partial charge in [0.25, 0.3) is 0 Å². The lowest BCUT2D eigenvalue weighted by Crippen LogP contribution is -2.37. The molecule has 0 bridgehead atoms. The minimum absolute atomic E-state index is 0.339. The zero-order chi connectivity index (χ0) is 24.7. The zero-order valence-electron chi connectivity index (χ0n) is 21.4.